The second kappa shape index (κ2) is 9.50. The van der Waals surface area contributed by atoms with Crippen LogP contribution in [0.4, 0.5) is 5.69 Å². The third-order valence-corrected chi connectivity index (χ3v) is 6.25. The van der Waals surface area contributed by atoms with Gasteiger partial charge in [0.2, 0.25) is 15.9 Å². The minimum absolute atomic E-state index is 0.00292. The summed E-state index contributed by atoms with van der Waals surface area (Å²) in [5.41, 5.74) is 0.691. The smallest absolute Gasteiger partial charge is 0.242 e. The van der Waals surface area contributed by atoms with Crippen molar-refractivity contribution in [2.24, 2.45) is 0 Å². The standard InChI is InChI=1S/C20H19N3O3S2/c24-20(12-14-22-28(25,26)17-9-6-13-21-15-17)23-18-10-4-5-11-19(18)27-16-7-2-1-3-8-16/h1-11,13,15,22H,12,14H2,(H,23,24). The van der Waals surface area contributed by atoms with Crippen molar-refractivity contribution in [3.05, 3.63) is 79.1 Å². The Bertz CT molecular complexity index is 1030. The van der Waals surface area contributed by atoms with Crippen LogP contribution in [-0.2, 0) is 14.8 Å². The van der Waals surface area contributed by atoms with E-state index in [2.05, 4.69) is 15.0 Å². The van der Waals surface area contributed by atoms with Crippen molar-refractivity contribution >= 4 is 33.4 Å². The molecule has 144 valence electrons. The Morgan fingerprint density at radius 3 is 2.46 bits per heavy atom. The van der Waals surface area contributed by atoms with Gasteiger partial charge < -0.3 is 5.32 Å². The van der Waals surface area contributed by atoms with Gasteiger partial charge in [0, 0.05) is 35.2 Å². The van der Waals surface area contributed by atoms with Crippen LogP contribution in [-0.4, -0.2) is 25.9 Å². The van der Waals surface area contributed by atoms with Crippen molar-refractivity contribution in [3.8, 4) is 0 Å². The van der Waals surface area contributed by atoms with Crippen molar-refractivity contribution in [2.45, 2.75) is 21.1 Å². The van der Waals surface area contributed by atoms with E-state index in [-0.39, 0.29) is 23.8 Å². The molecule has 1 heterocycles. The lowest BCUT2D eigenvalue weighted by atomic mass is 10.3. The van der Waals surface area contributed by atoms with E-state index in [1.165, 1.54) is 18.5 Å². The number of para-hydroxylation sites is 1. The van der Waals surface area contributed by atoms with Gasteiger partial charge >= 0.3 is 0 Å². The summed E-state index contributed by atoms with van der Waals surface area (Å²) in [5.74, 6) is -0.269. The number of hydrogen-bond donors (Lipinski definition) is 2. The van der Waals surface area contributed by atoms with Gasteiger partial charge in [-0.25, -0.2) is 13.1 Å². The zero-order valence-electron chi connectivity index (χ0n) is 14.9. The molecule has 0 saturated heterocycles. The Kier molecular flexibility index (Phi) is 6.80. The van der Waals surface area contributed by atoms with E-state index < -0.39 is 10.0 Å². The molecule has 3 aromatic rings. The number of aromatic nitrogens is 1. The third kappa shape index (κ3) is 5.66. The summed E-state index contributed by atoms with van der Waals surface area (Å²) in [6.07, 6.45) is 2.78. The summed E-state index contributed by atoms with van der Waals surface area (Å²) in [6.45, 7) is -0.00292. The number of anilines is 1. The van der Waals surface area contributed by atoms with Crippen LogP contribution in [0.15, 0.2) is 93.8 Å². The molecule has 0 aliphatic carbocycles. The molecule has 0 fully saturated rings. The van der Waals surface area contributed by atoms with Gasteiger partial charge in [-0.2, -0.15) is 0 Å². The van der Waals surface area contributed by atoms with Gasteiger partial charge in [0.25, 0.3) is 0 Å². The molecule has 2 N–H and O–H groups in total. The molecule has 0 atom stereocenters. The van der Waals surface area contributed by atoms with E-state index in [4.69, 9.17) is 0 Å². The number of hydrogen-bond acceptors (Lipinski definition) is 5. The lowest BCUT2D eigenvalue weighted by molar-refractivity contribution is -0.116. The lowest BCUT2D eigenvalue weighted by Crippen LogP contribution is -2.28. The quantitative estimate of drug-likeness (QED) is 0.590. The molecule has 0 bridgehead atoms. The van der Waals surface area contributed by atoms with Crippen LogP contribution in [0.5, 0.6) is 0 Å². The lowest BCUT2D eigenvalue weighted by Gasteiger charge is -2.11. The van der Waals surface area contributed by atoms with E-state index in [1.807, 2.05) is 54.6 Å². The number of pyridine rings is 1. The number of nitrogens with zero attached hydrogens (tertiary/aromatic N) is 1. The summed E-state index contributed by atoms with van der Waals surface area (Å²) in [4.78, 5) is 18.1. The zero-order valence-corrected chi connectivity index (χ0v) is 16.5. The first-order chi connectivity index (χ1) is 13.5. The van der Waals surface area contributed by atoms with E-state index in [0.717, 1.165) is 9.79 Å². The van der Waals surface area contributed by atoms with Gasteiger partial charge in [0.05, 0.1) is 5.69 Å². The zero-order chi connectivity index (χ0) is 19.8. The molecule has 0 saturated carbocycles. The molecule has 8 heteroatoms. The second-order valence-electron chi connectivity index (χ2n) is 5.80. The largest absolute Gasteiger partial charge is 0.325 e. The Labute approximate surface area is 168 Å². The molecule has 2 aromatic carbocycles. The molecular weight excluding hydrogens is 394 g/mol. The maximum atomic E-state index is 12.3. The fourth-order valence-corrected chi connectivity index (χ4v) is 4.29. The Hall–Kier alpha value is -2.68. The van der Waals surface area contributed by atoms with Gasteiger partial charge in [0.15, 0.2) is 0 Å². The molecule has 0 aliphatic rings. The predicted molar refractivity (Wildman–Crippen MR) is 110 cm³/mol. The minimum atomic E-state index is -3.67. The molecule has 0 radical (unpaired) electrons. The fourth-order valence-electron chi connectivity index (χ4n) is 2.38. The van der Waals surface area contributed by atoms with E-state index in [0.29, 0.717) is 5.69 Å². The number of sulfonamides is 1. The normalized spacial score (nSPS) is 11.1. The second-order valence-corrected chi connectivity index (χ2v) is 8.68. The number of nitrogens with one attached hydrogen (secondary N) is 2. The predicted octanol–water partition coefficient (Wildman–Crippen LogP) is 3.54. The molecule has 3 rings (SSSR count). The number of carbonyl (C=O) groups excluding carboxylic acids is 1. The number of amides is 1. The third-order valence-electron chi connectivity index (χ3n) is 3.72. The summed E-state index contributed by atoms with van der Waals surface area (Å²) in [7, 11) is -3.67. The number of rotatable bonds is 8. The van der Waals surface area contributed by atoms with Gasteiger partial charge in [0.1, 0.15) is 4.90 Å². The molecule has 1 amide bonds. The molecule has 28 heavy (non-hydrogen) atoms. The fraction of sp³-hybridized carbons (Fsp3) is 0.100. The molecular formula is C20H19N3O3S2. The Morgan fingerprint density at radius 2 is 1.71 bits per heavy atom. The average Bonchev–Trinajstić information content (AvgIpc) is 2.71. The van der Waals surface area contributed by atoms with E-state index in [9.17, 15) is 13.2 Å². The van der Waals surface area contributed by atoms with Crippen LogP contribution in [0, 0.1) is 0 Å². The Balaban J connectivity index is 1.57. The highest BCUT2D eigenvalue weighted by Crippen LogP contribution is 2.33. The van der Waals surface area contributed by atoms with Crippen molar-refractivity contribution < 1.29 is 13.2 Å². The maximum Gasteiger partial charge on any atom is 0.242 e. The summed E-state index contributed by atoms with van der Waals surface area (Å²) in [5, 5.41) is 2.85. The Morgan fingerprint density at radius 1 is 0.964 bits per heavy atom. The highest BCUT2D eigenvalue weighted by Gasteiger charge is 2.14. The minimum Gasteiger partial charge on any atom is -0.325 e. The summed E-state index contributed by atoms with van der Waals surface area (Å²) < 4.78 is 26.7. The topological polar surface area (TPSA) is 88.2 Å². The van der Waals surface area contributed by atoms with Crippen molar-refractivity contribution in [3.63, 3.8) is 0 Å². The highest BCUT2D eigenvalue weighted by atomic mass is 32.2. The van der Waals surface area contributed by atoms with Gasteiger partial charge in [-0.05, 0) is 36.4 Å². The molecule has 0 aliphatic heterocycles. The maximum absolute atomic E-state index is 12.3. The van der Waals surface area contributed by atoms with Crippen LogP contribution >= 0.6 is 11.8 Å². The van der Waals surface area contributed by atoms with Crippen molar-refractivity contribution in [2.75, 3.05) is 11.9 Å². The molecule has 0 unspecified atom stereocenters. The molecule has 1 aromatic heterocycles. The van der Waals surface area contributed by atoms with Crippen molar-refractivity contribution in [1.82, 2.24) is 9.71 Å². The van der Waals surface area contributed by atoms with Crippen LogP contribution in [0.3, 0.4) is 0 Å². The summed E-state index contributed by atoms with van der Waals surface area (Å²) >= 11 is 1.55. The van der Waals surface area contributed by atoms with Gasteiger partial charge in [-0.1, -0.05) is 42.1 Å². The van der Waals surface area contributed by atoms with Crippen molar-refractivity contribution in [1.29, 1.82) is 0 Å². The number of benzene rings is 2. The monoisotopic (exact) mass is 413 g/mol. The molecule has 6 nitrogen and oxygen atoms in total. The van der Waals surface area contributed by atoms with Gasteiger partial charge in [-0.15, -0.1) is 0 Å². The van der Waals surface area contributed by atoms with Gasteiger partial charge in [-0.3, -0.25) is 9.78 Å². The van der Waals surface area contributed by atoms with Crippen LogP contribution < -0.4 is 10.0 Å². The first kappa shape index (κ1) is 20.1. The number of carbonyl (C=O) groups is 1. The molecule has 0 spiro atoms. The average molecular weight is 414 g/mol. The van der Waals surface area contributed by atoms with E-state index >= 15 is 0 Å². The first-order valence-electron chi connectivity index (χ1n) is 8.56. The van der Waals surface area contributed by atoms with Crippen LogP contribution in [0.25, 0.3) is 0 Å². The van der Waals surface area contributed by atoms with E-state index in [1.54, 1.807) is 17.8 Å². The summed E-state index contributed by atoms with van der Waals surface area (Å²) in [6, 6.07) is 20.3. The van der Waals surface area contributed by atoms with Crippen LogP contribution in [0.1, 0.15) is 6.42 Å². The first-order valence-corrected chi connectivity index (χ1v) is 10.9. The highest BCUT2D eigenvalue weighted by molar-refractivity contribution is 7.99. The van der Waals surface area contributed by atoms with Crippen LogP contribution in [0.2, 0.25) is 0 Å². The SMILES string of the molecule is O=C(CCNS(=O)(=O)c1cccnc1)Nc1ccccc1Sc1ccccc1.